The van der Waals surface area contributed by atoms with Crippen molar-refractivity contribution >= 4 is 5.97 Å². The fourth-order valence-electron chi connectivity index (χ4n) is 2.23. The van der Waals surface area contributed by atoms with Crippen LogP contribution in [0.3, 0.4) is 0 Å². The van der Waals surface area contributed by atoms with E-state index in [-0.39, 0.29) is 12.4 Å². The fraction of sp³-hybridized carbons (Fsp3) is 0.312. The summed E-state index contributed by atoms with van der Waals surface area (Å²) in [6, 6.07) is 5.05. The number of rotatable bonds is 5. The summed E-state index contributed by atoms with van der Waals surface area (Å²) >= 11 is 0. The van der Waals surface area contributed by atoms with E-state index in [0.29, 0.717) is 17.1 Å². The highest BCUT2D eigenvalue weighted by Crippen LogP contribution is 2.37. The van der Waals surface area contributed by atoms with Crippen LogP contribution in [0.2, 0.25) is 0 Å². The molecule has 0 atom stereocenters. The first-order valence-electron chi connectivity index (χ1n) is 7.14. The summed E-state index contributed by atoms with van der Waals surface area (Å²) in [4.78, 5) is 28.4. The Balaban J connectivity index is 2.81. The third kappa shape index (κ3) is 2.90. The van der Waals surface area contributed by atoms with Gasteiger partial charge in [0.2, 0.25) is 5.75 Å². The van der Waals surface area contributed by atoms with Crippen LogP contribution in [-0.4, -0.2) is 41.5 Å². The second kappa shape index (κ2) is 7.03. The molecule has 1 heterocycles. The number of hydrogen-bond donors (Lipinski definition) is 1. The maximum absolute atomic E-state index is 12.3. The van der Waals surface area contributed by atoms with Crippen LogP contribution in [0.4, 0.5) is 0 Å². The first-order chi connectivity index (χ1) is 11.5. The van der Waals surface area contributed by atoms with E-state index < -0.39 is 23.0 Å². The Labute approximate surface area is 138 Å². The first kappa shape index (κ1) is 17.3. The molecule has 1 N–H and O–H groups in total. The zero-order valence-electron chi connectivity index (χ0n) is 13.8. The molecule has 1 aromatic heterocycles. The molecule has 0 unspecified atom stereocenters. The highest BCUT2D eigenvalue weighted by Gasteiger charge is 2.25. The van der Waals surface area contributed by atoms with Gasteiger partial charge >= 0.3 is 5.97 Å². The smallest absolute Gasteiger partial charge is 0.361 e. The molecule has 0 saturated carbocycles. The van der Waals surface area contributed by atoms with Crippen molar-refractivity contribution in [1.82, 2.24) is 9.55 Å². The van der Waals surface area contributed by atoms with Gasteiger partial charge in [-0.05, 0) is 19.1 Å². The van der Waals surface area contributed by atoms with Gasteiger partial charge in [-0.3, -0.25) is 9.36 Å². The van der Waals surface area contributed by atoms with Gasteiger partial charge in [0.1, 0.15) is 17.1 Å². The summed E-state index contributed by atoms with van der Waals surface area (Å²) in [5.74, 6) is -0.749. The van der Waals surface area contributed by atoms with E-state index in [1.807, 2.05) is 0 Å². The number of aromatic nitrogens is 2. The Kier molecular flexibility index (Phi) is 5.08. The number of aromatic hydroxyl groups is 1. The van der Waals surface area contributed by atoms with Crippen LogP contribution in [0.15, 0.2) is 23.0 Å². The molecule has 8 heteroatoms. The molecule has 0 aliphatic heterocycles. The lowest BCUT2D eigenvalue weighted by atomic mass is 10.1. The number of nitrogens with zero attached hydrogens (tertiary/aromatic N) is 2. The monoisotopic (exact) mass is 334 g/mol. The Morgan fingerprint density at radius 2 is 1.83 bits per heavy atom. The van der Waals surface area contributed by atoms with Crippen molar-refractivity contribution in [2.45, 2.75) is 6.92 Å². The van der Waals surface area contributed by atoms with Gasteiger partial charge in [-0.1, -0.05) is 6.07 Å². The molecule has 0 fully saturated rings. The number of benzene rings is 1. The predicted octanol–water partition coefficient (Wildman–Crippen LogP) is 1.35. The van der Waals surface area contributed by atoms with Crippen LogP contribution >= 0.6 is 0 Å². The summed E-state index contributed by atoms with van der Waals surface area (Å²) in [5, 5.41) is 9.94. The minimum absolute atomic E-state index is 0.0858. The lowest BCUT2D eigenvalue weighted by Gasteiger charge is -2.16. The van der Waals surface area contributed by atoms with Gasteiger partial charge in [0.05, 0.1) is 20.8 Å². The van der Waals surface area contributed by atoms with E-state index in [4.69, 9.17) is 14.2 Å². The van der Waals surface area contributed by atoms with E-state index in [1.54, 1.807) is 25.1 Å². The van der Waals surface area contributed by atoms with Gasteiger partial charge in [-0.15, -0.1) is 0 Å². The maximum Gasteiger partial charge on any atom is 0.361 e. The molecule has 8 nitrogen and oxygen atoms in total. The first-order valence-corrected chi connectivity index (χ1v) is 7.14. The largest absolute Gasteiger partial charge is 0.501 e. The minimum Gasteiger partial charge on any atom is -0.501 e. The number of carbonyl (C=O) groups excluding carboxylic acids is 1. The third-order valence-corrected chi connectivity index (χ3v) is 3.39. The van der Waals surface area contributed by atoms with Crippen molar-refractivity contribution in [2.24, 2.45) is 7.05 Å². The molecule has 2 aromatic rings. The lowest BCUT2D eigenvalue weighted by Crippen LogP contribution is -2.24. The topological polar surface area (TPSA) is 99.9 Å². The van der Waals surface area contributed by atoms with Crippen LogP contribution in [0, 0.1) is 0 Å². The Morgan fingerprint density at radius 1 is 1.25 bits per heavy atom. The molecule has 0 spiro atoms. The number of hydrogen-bond acceptors (Lipinski definition) is 7. The van der Waals surface area contributed by atoms with Crippen molar-refractivity contribution in [3.05, 3.63) is 34.2 Å². The Morgan fingerprint density at radius 3 is 2.33 bits per heavy atom. The molecule has 1 aromatic carbocycles. The quantitative estimate of drug-likeness (QED) is 0.824. The molecule has 2 rings (SSSR count). The normalized spacial score (nSPS) is 10.3. The molecule has 0 aliphatic carbocycles. The van der Waals surface area contributed by atoms with E-state index in [1.165, 1.54) is 21.3 Å². The lowest BCUT2D eigenvalue weighted by molar-refractivity contribution is 0.0515. The Bertz CT molecular complexity index is 806. The molecule has 0 amide bonds. The zero-order chi connectivity index (χ0) is 17.9. The van der Waals surface area contributed by atoms with Gasteiger partial charge < -0.3 is 19.3 Å². The summed E-state index contributed by atoms with van der Waals surface area (Å²) in [7, 11) is 4.34. The molecule has 0 bridgehead atoms. The van der Waals surface area contributed by atoms with E-state index in [9.17, 15) is 14.7 Å². The molecular weight excluding hydrogens is 316 g/mol. The molecule has 0 aliphatic rings. The molecule has 24 heavy (non-hydrogen) atoms. The average Bonchev–Trinajstić information content (AvgIpc) is 2.59. The summed E-state index contributed by atoms with van der Waals surface area (Å²) in [6.45, 7) is 1.70. The van der Waals surface area contributed by atoms with Crippen molar-refractivity contribution in [3.63, 3.8) is 0 Å². The summed E-state index contributed by atoms with van der Waals surface area (Å²) in [6.07, 6.45) is 0. The number of carbonyl (C=O) groups is 1. The zero-order valence-corrected chi connectivity index (χ0v) is 13.8. The minimum atomic E-state index is -0.886. The van der Waals surface area contributed by atoms with Gasteiger partial charge in [0.15, 0.2) is 11.5 Å². The number of esters is 1. The van der Waals surface area contributed by atoms with E-state index in [0.717, 1.165) is 4.57 Å². The number of ether oxygens (including phenoxy) is 3. The Hall–Kier alpha value is -3.03. The molecule has 0 radical (unpaired) electrons. The van der Waals surface area contributed by atoms with Crippen LogP contribution < -0.4 is 15.0 Å². The number of methoxy groups -OCH3 is 2. The fourth-order valence-corrected chi connectivity index (χ4v) is 2.23. The summed E-state index contributed by atoms with van der Waals surface area (Å²) < 4.78 is 16.5. The van der Waals surface area contributed by atoms with Crippen molar-refractivity contribution < 1.29 is 24.1 Å². The van der Waals surface area contributed by atoms with Crippen LogP contribution in [0.25, 0.3) is 11.4 Å². The van der Waals surface area contributed by atoms with Gasteiger partial charge in [-0.2, -0.15) is 0 Å². The predicted molar refractivity (Wildman–Crippen MR) is 85.6 cm³/mol. The van der Waals surface area contributed by atoms with Gasteiger partial charge in [0, 0.05) is 7.05 Å². The van der Waals surface area contributed by atoms with Crippen molar-refractivity contribution in [2.75, 3.05) is 20.8 Å². The van der Waals surface area contributed by atoms with Crippen LogP contribution in [-0.2, 0) is 11.8 Å². The van der Waals surface area contributed by atoms with Gasteiger partial charge in [0.25, 0.3) is 5.56 Å². The molecule has 128 valence electrons. The average molecular weight is 334 g/mol. The SMILES string of the molecule is CCOC(=O)c1nc(-c2c(OC)cccc2OC)n(C)c(=O)c1O. The van der Waals surface area contributed by atoms with Gasteiger partial charge in [-0.25, -0.2) is 9.78 Å². The standard InChI is InChI=1S/C16H18N2O6/c1-5-24-16(21)12-13(19)15(20)18(2)14(17-12)11-9(22-3)7-6-8-10(11)23-4/h6-8,19H,5H2,1-4H3. The highest BCUT2D eigenvalue weighted by atomic mass is 16.5. The van der Waals surface area contributed by atoms with Crippen LogP contribution in [0.1, 0.15) is 17.4 Å². The molecular formula is C16H18N2O6. The van der Waals surface area contributed by atoms with Crippen LogP contribution in [0.5, 0.6) is 17.2 Å². The summed E-state index contributed by atoms with van der Waals surface area (Å²) in [5.41, 5.74) is -0.855. The maximum atomic E-state index is 12.3. The second-order valence-corrected chi connectivity index (χ2v) is 4.75. The van der Waals surface area contributed by atoms with Crippen molar-refractivity contribution in [3.8, 4) is 28.6 Å². The van der Waals surface area contributed by atoms with E-state index >= 15 is 0 Å². The van der Waals surface area contributed by atoms with Crippen molar-refractivity contribution in [1.29, 1.82) is 0 Å². The third-order valence-electron chi connectivity index (χ3n) is 3.39. The highest BCUT2D eigenvalue weighted by molar-refractivity contribution is 5.91. The van der Waals surface area contributed by atoms with E-state index in [2.05, 4.69) is 4.98 Å². The molecule has 0 saturated heterocycles. The second-order valence-electron chi connectivity index (χ2n) is 4.75.